The Morgan fingerprint density at radius 1 is 0.371 bits per heavy atom. The van der Waals surface area contributed by atoms with Gasteiger partial charge in [0.1, 0.15) is 0 Å². The number of fused-ring (bicyclic) bond motifs is 3. The fourth-order valence-electron chi connectivity index (χ4n) is 9.77. The summed E-state index contributed by atoms with van der Waals surface area (Å²) < 4.78 is 2.52. The first-order chi connectivity index (χ1) is 30.0. The summed E-state index contributed by atoms with van der Waals surface area (Å²) in [4.78, 5) is 2.46. The lowest BCUT2D eigenvalue weighted by atomic mass is 9.85. The first-order valence-corrected chi connectivity index (χ1v) is 21.9. The van der Waals surface area contributed by atoms with Gasteiger partial charge in [-0.15, -0.1) is 0 Å². The summed E-state index contributed by atoms with van der Waals surface area (Å²) >= 11 is 0. The zero-order valence-corrected chi connectivity index (χ0v) is 36.4. The molecule has 0 saturated carbocycles. The van der Waals surface area contributed by atoms with Crippen LogP contribution in [-0.2, 0) is 10.8 Å². The Kier molecular flexibility index (Phi) is 8.67. The van der Waals surface area contributed by atoms with Gasteiger partial charge in [0.25, 0.3) is 0 Å². The number of benzene rings is 10. The van der Waals surface area contributed by atoms with Gasteiger partial charge in [0.05, 0.1) is 28.1 Å². The molecule has 0 N–H and O–H groups in total. The van der Waals surface area contributed by atoms with Crippen LogP contribution in [-0.4, -0.2) is 4.57 Å². The van der Waals surface area contributed by atoms with Gasteiger partial charge >= 0.3 is 0 Å². The molecule has 10 aromatic carbocycles. The van der Waals surface area contributed by atoms with E-state index in [2.05, 4.69) is 245 Å². The summed E-state index contributed by atoms with van der Waals surface area (Å²) in [6.07, 6.45) is 0. The molecular formula is C60H50N2. The Balaban J connectivity index is 1.15. The molecule has 1 heterocycles. The minimum atomic E-state index is 0.0370. The quantitative estimate of drug-likeness (QED) is 0.152. The molecule has 0 saturated heterocycles. The Morgan fingerprint density at radius 2 is 0.903 bits per heavy atom. The van der Waals surface area contributed by atoms with Gasteiger partial charge in [0, 0.05) is 32.8 Å². The van der Waals surface area contributed by atoms with Crippen molar-refractivity contribution >= 4 is 71.2 Å². The van der Waals surface area contributed by atoms with E-state index < -0.39 is 0 Å². The molecule has 300 valence electrons. The number of anilines is 3. The zero-order chi connectivity index (χ0) is 42.3. The lowest BCUT2D eigenvalue weighted by molar-refractivity contribution is 0.590. The molecule has 0 aliphatic heterocycles. The first-order valence-electron chi connectivity index (χ1n) is 21.9. The summed E-state index contributed by atoms with van der Waals surface area (Å²) in [6.45, 7) is 13.9. The van der Waals surface area contributed by atoms with Crippen molar-refractivity contribution in [2.24, 2.45) is 0 Å². The van der Waals surface area contributed by atoms with Crippen molar-refractivity contribution in [2.45, 2.75) is 52.4 Å². The second-order valence-corrected chi connectivity index (χ2v) is 19.0. The lowest BCUT2D eigenvalue weighted by Crippen LogP contribution is -2.12. The van der Waals surface area contributed by atoms with E-state index in [9.17, 15) is 0 Å². The zero-order valence-electron chi connectivity index (χ0n) is 36.4. The molecular weight excluding hydrogens is 749 g/mol. The normalized spacial score (nSPS) is 12.4. The lowest BCUT2D eigenvalue weighted by Gasteiger charge is -2.29. The maximum Gasteiger partial charge on any atom is 0.0541 e. The van der Waals surface area contributed by atoms with Gasteiger partial charge in [-0.05, 0) is 121 Å². The molecule has 0 atom stereocenters. The molecule has 0 fully saturated rings. The summed E-state index contributed by atoms with van der Waals surface area (Å²) in [7, 11) is 0. The molecule has 2 heteroatoms. The molecule has 0 bridgehead atoms. The van der Waals surface area contributed by atoms with E-state index >= 15 is 0 Å². The molecule has 11 aromatic rings. The summed E-state index contributed by atoms with van der Waals surface area (Å²) in [5, 5.41) is 10.1. The van der Waals surface area contributed by atoms with Gasteiger partial charge in [-0.1, -0.05) is 175 Å². The van der Waals surface area contributed by atoms with Crippen LogP contribution in [0.3, 0.4) is 0 Å². The van der Waals surface area contributed by atoms with Crippen molar-refractivity contribution < 1.29 is 0 Å². The Bertz CT molecular complexity index is 3400. The highest BCUT2D eigenvalue weighted by molar-refractivity contribution is 6.27. The number of para-hydroxylation sites is 2. The van der Waals surface area contributed by atoms with E-state index in [1.54, 1.807) is 0 Å². The minimum absolute atomic E-state index is 0.0370. The van der Waals surface area contributed by atoms with E-state index in [1.165, 1.54) is 93.2 Å². The van der Waals surface area contributed by atoms with Gasteiger partial charge in [-0.25, -0.2) is 0 Å². The van der Waals surface area contributed by atoms with Crippen molar-refractivity contribution in [1.29, 1.82) is 0 Å². The molecule has 62 heavy (non-hydrogen) atoms. The molecule has 0 aliphatic carbocycles. The second-order valence-electron chi connectivity index (χ2n) is 19.0. The van der Waals surface area contributed by atoms with Crippen LogP contribution in [0.25, 0.3) is 82.1 Å². The van der Waals surface area contributed by atoms with Crippen LogP contribution in [0.2, 0.25) is 0 Å². The van der Waals surface area contributed by atoms with Crippen molar-refractivity contribution in [1.82, 2.24) is 4.57 Å². The minimum Gasteiger partial charge on any atom is -0.309 e. The van der Waals surface area contributed by atoms with Crippen molar-refractivity contribution in [3.63, 3.8) is 0 Å². The van der Waals surface area contributed by atoms with Gasteiger partial charge in [0.2, 0.25) is 0 Å². The molecule has 0 radical (unpaired) electrons. The highest BCUT2D eigenvalue weighted by atomic mass is 15.1. The number of nitrogens with zero attached hydrogens (tertiary/aromatic N) is 2. The van der Waals surface area contributed by atoms with E-state index in [0.29, 0.717) is 0 Å². The topological polar surface area (TPSA) is 8.17 Å². The van der Waals surface area contributed by atoms with Crippen LogP contribution in [0.1, 0.15) is 52.7 Å². The highest BCUT2D eigenvalue weighted by Crippen LogP contribution is 2.48. The Labute approximate surface area is 364 Å². The van der Waals surface area contributed by atoms with Crippen molar-refractivity contribution in [2.75, 3.05) is 4.90 Å². The van der Waals surface area contributed by atoms with Gasteiger partial charge in [-0.3, -0.25) is 0 Å². The van der Waals surface area contributed by atoms with Gasteiger partial charge in [-0.2, -0.15) is 0 Å². The molecule has 2 nitrogen and oxygen atoms in total. The second kappa shape index (κ2) is 14.2. The SMILES string of the molecule is CC(C)(C)c1ccc2c(c1)c1cc(C(C)(C)C)ccc1n2-c1ccc2ccc3c(N(c4ccccc4)c4ccccc4-c4cccc(-c5ccccc5)c4)ccc4ccc1c2c43. The van der Waals surface area contributed by atoms with E-state index in [1.807, 2.05) is 0 Å². The number of hydrogen-bond donors (Lipinski definition) is 0. The van der Waals surface area contributed by atoms with Crippen LogP contribution in [0.5, 0.6) is 0 Å². The van der Waals surface area contributed by atoms with Gasteiger partial charge in [0.15, 0.2) is 0 Å². The molecule has 1 aromatic heterocycles. The van der Waals surface area contributed by atoms with E-state index in [-0.39, 0.29) is 10.8 Å². The smallest absolute Gasteiger partial charge is 0.0541 e. The van der Waals surface area contributed by atoms with Crippen LogP contribution in [0.4, 0.5) is 17.1 Å². The van der Waals surface area contributed by atoms with Crippen LogP contribution >= 0.6 is 0 Å². The maximum absolute atomic E-state index is 2.52. The standard InChI is InChI=1S/C60H50N2/c1-59(2,3)44-28-34-55-50(37-44)51-38-45(60(4,5)6)29-35-56(51)62(55)54-33-27-41-24-30-48-53(32-26-40-25-31-49(54)58(41)57(40)48)61(46-20-11-8-12-21-46)52-23-14-13-22-47(52)43-19-15-18-42(36-43)39-16-9-7-10-17-39/h7-38H,1-6H3. The summed E-state index contributed by atoms with van der Waals surface area (Å²) in [5.74, 6) is 0. The van der Waals surface area contributed by atoms with Crippen LogP contribution < -0.4 is 4.90 Å². The predicted molar refractivity (Wildman–Crippen MR) is 267 cm³/mol. The first kappa shape index (κ1) is 37.8. The number of rotatable bonds is 6. The Hall–Kier alpha value is -7.16. The third-order valence-electron chi connectivity index (χ3n) is 13.0. The van der Waals surface area contributed by atoms with Gasteiger partial charge < -0.3 is 9.47 Å². The van der Waals surface area contributed by atoms with Crippen molar-refractivity contribution in [3.8, 4) is 27.9 Å². The van der Waals surface area contributed by atoms with Crippen molar-refractivity contribution in [3.05, 3.63) is 205 Å². The molecule has 0 unspecified atom stereocenters. The molecule has 11 rings (SSSR count). The third kappa shape index (κ3) is 6.16. The van der Waals surface area contributed by atoms with E-state index in [0.717, 1.165) is 17.1 Å². The summed E-state index contributed by atoms with van der Waals surface area (Å²) in [6, 6.07) is 72.2. The molecule has 0 amide bonds. The molecule has 0 spiro atoms. The molecule has 0 aliphatic rings. The average molecular weight is 799 g/mol. The average Bonchev–Trinajstić information content (AvgIpc) is 3.62. The summed E-state index contributed by atoms with van der Waals surface area (Å²) in [5.41, 5.74) is 14.6. The Morgan fingerprint density at radius 3 is 1.56 bits per heavy atom. The van der Waals surface area contributed by atoms with Crippen LogP contribution in [0.15, 0.2) is 194 Å². The fourth-order valence-corrected chi connectivity index (χ4v) is 9.77. The fraction of sp³-hybridized carbons (Fsp3) is 0.133. The predicted octanol–water partition coefficient (Wildman–Crippen LogP) is 17.1. The largest absolute Gasteiger partial charge is 0.309 e. The number of aromatic nitrogens is 1. The van der Waals surface area contributed by atoms with Crippen LogP contribution in [0, 0.1) is 0 Å². The number of hydrogen-bond acceptors (Lipinski definition) is 1. The third-order valence-corrected chi connectivity index (χ3v) is 13.0. The monoisotopic (exact) mass is 798 g/mol. The van der Waals surface area contributed by atoms with E-state index in [4.69, 9.17) is 0 Å². The maximum atomic E-state index is 2.52. The highest BCUT2D eigenvalue weighted by Gasteiger charge is 2.24.